The molecule has 1 aromatic heterocycles. The highest BCUT2D eigenvalue weighted by Crippen LogP contribution is 2.18. The van der Waals surface area contributed by atoms with Gasteiger partial charge in [0.05, 0.1) is 6.17 Å². The van der Waals surface area contributed by atoms with Crippen LogP contribution in [0.15, 0.2) is 36.7 Å². The van der Waals surface area contributed by atoms with Crippen LogP contribution in [0.4, 0.5) is 4.39 Å². The largest absolute Gasteiger partial charge is 0.248 e. The minimum absolute atomic E-state index is 0.671. The Hall–Kier alpha value is -1.77. The topological polar surface area (TPSA) is 25.8 Å². The zero-order valence-corrected chi connectivity index (χ0v) is 18.5. The lowest BCUT2D eigenvalue weighted by molar-refractivity contribution is 0.330. The van der Waals surface area contributed by atoms with Crippen LogP contribution in [-0.4, -0.2) is 16.1 Å². The Kier molecular flexibility index (Phi) is 11.6. The van der Waals surface area contributed by atoms with Gasteiger partial charge < -0.3 is 0 Å². The van der Waals surface area contributed by atoms with Gasteiger partial charge in [-0.2, -0.15) is 0 Å². The molecule has 2 rings (SSSR count). The molecule has 0 fully saturated rings. The number of halogens is 1. The number of nitrogens with zero attached hydrogens (tertiary/aromatic N) is 2. The average molecular weight is 399 g/mol. The lowest BCUT2D eigenvalue weighted by atomic mass is 10.0. The fraction of sp³-hybridized carbons (Fsp3) is 0.615. The molecule has 29 heavy (non-hydrogen) atoms. The maximum absolute atomic E-state index is 12.8. The standard InChI is InChI=1S/C26H39FN2/c1-3-4-5-6-7-8-11-14-23-16-18-25(19-17-23)26-28-20-24(21-29-26)15-12-9-10-13-22(2)27/h16-22H,3-15H2,1-2H3. The molecule has 0 spiro atoms. The number of hydrogen-bond acceptors (Lipinski definition) is 2. The van der Waals surface area contributed by atoms with E-state index in [-0.39, 0.29) is 0 Å². The molecular weight excluding hydrogens is 359 g/mol. The molecule has 0 saturated carbocycles. The van der Waals surface area contributed by atoms with Crippen LogP contribution in [-0.2, 0) is 12.8 Å². The third-order valence-corrected chi connectivity index (χ3v) is 5.55. The molecule has 0 aliphatic carbocycles. The second-order valence-corrected chi connectivity index (χ2v) is 8.36. The molecule has 0 saturated heterocycles. The Morgan fingerprint density at radius 3 is 1.90 bits per heavy atom. The Morgan fingerprint density at radius 1 is 0.724 bits per heavy atom. The number of aromatic nitrogens is 2. The second kappa shape index (κ2) is 14.3. The van der Waals surface area contributed by atoms with Crippen molar-refractivity contribution in [3.8, 4) is 11.4 Å². The minimum atomic E-state index is -0.681. The minimum Gasteiger partial charge on any atom is -0.248 e. The van der Waals surface area contributed by atoms with Crippen LogP contribution in [0.3, 0.4) is 0 Å². The van der Waals surface area contributed by atoms with E-state index in [1.54, 1.807) is 6.92 Å². The summed E-state index contributed by atoms with van der Waals surface area (Å²) in [5, 5.41) is 0. The van der Waals surface area contributed by atoms with E-state index in [9.17, 15) is 4.39 Å². The van der Waals surface area contributed by atoms with Crippen molar-refractivity contribution < 1.29 is 4.39 Å². The van der Waals surface area contributed by atoms with E-state index in [0.29, 0.717) is 6.42 Å². The first-order valence-electron chi connectivity index (χ1n) is 11.7. The Bertz CT molecular complexity index is 649. The van der Waals surface area contributed by atoms with Crippen LogP contribution < -0.4 is 0 Å². The summed E-state index contributed by atoms with van der Waals surface area (Å²) < 4.78 is 12.8. The van der Waals surface area contributed by atoms with Crippen molar-refractivity contribution in [2.45, 2.75) is 103 Å². The van der Waals surface area contributed by atoms with E-state index < -0.39 is 6.17 Å². The van der Waals surface area contributed by atoms with E-state index in [0.717, 1.165) is 49.1 Å². The molecule has 1 unspecified atom stereocenters. The fourth-order valence-corrected chi connectivity index (χ4v) is 3.67. The van der Waals surface area contributed by atoms with Crippen molar-refractivity contribution in [3.05, 3.63) is 47.8 Å². The predicted octanol–water partition coefficient (Wildman–Crippen LogP) is 7.90. The van der Waals surface area contributed by atoms with Gasteiger partial charge in [0.15, 0.2) is 5.82 Å². The highest BCUT2D eigenvalue weighted by molar-refractivity contribution is 5.55. The predicted molar refractivity (Wildman–Crippen MR) is 122 cm³/mol. The zero-order valence-electron chi connectivity index (χ0n) is 18.5. The smallest absolute Gasteiger partial charge is 0.159 e. The lowest BCUT2D eigenvalue weighted by Gasteiger charge is -2.06. The van der Waals surface area contributed by atoms with Crippen LogP contribution in [0.25, 0.3) is 11.4 Å². The molecule has 1 heterocycles. The van der Waals surface area contributed by atoms with Crippen LogP contribution in [0.1, 0.15) is 95.6 Å². The van der Waals surface area contributed by atoms with E-state index in [4.69, 9.17) is 0 Å². The number of aryl methyl sites for hydroxylation is 2. The maximum Gasteiger partial charge on any atom is 0.159 e. The van der Waals surface area contributed by atoms with Gasteiger partial charge in [-0.25, -0.2) is 14.4 Å². The Balaban J connectivity index is 1.69. The normalized spacial score (nSPS) is 12.2. The number of hydrogen-bond donors (Lipinski definition) is 0. The molecule has 1 atom stereocenters. The Labute approximate surface area is 177 Å². The summed E-state index contributed by atoms with van der Waals surface area (Å²) in [6.07, 6.45) is 18.6. The quantitative estimate of drug-likeness (QED) is 0.285. The third kappa shape index (κ3) is 10.0. The van der Waals surface area contributed by atoms with E-state index in [1.807, 2.05) is 12.4 Å². The first-order chi connectivity index (χ1) is 14.2. The summed E-state index contributed by atoms with van der Waals surface area (Å²) >= 11 is 0. The average Bonchev–Trinajstić information content (AvgIpc) is 2.74. The summed E-state index contributed by atoms with van der Waals surface area (Å²) in [4.78, 5) is 9.09. The van der Waals surface area contributed by atoms with E-state index >= 15 is 0 Å². The summed E-state index contributed by atoms with van der Waals surface area (Å²) in [7, 11) is 0. The van der Waals surface area contributed by atoms with Crippen molar-refractivity contribution >= 4 is 0 Å². The van der Waals surface area contributed by atoms with E-state index in [2.05, 4.69) is 41.2 Å². The number of alkyl halides is 1. The van der Waals surface area contributed by atoms with Gasteiger partial charge in [-0.3, -0.25) is 0 Å². The number of rotatable bonds is 15. The van der Waals surface area contributed by atoms with Gasteiger partial charge in [-0.15, -0.1) is 0 Å². The summed E-state index contributed by atoms with van der Waals surface area (Å²) in [6.45, 7) is 3.90. The van der Waals surface area contributed by atoms with Crippen molar-refractivity contribution in [3.63, 3.8) is 0 Å². The molecule has 0 amide bonds. The second-order valence-electron chi connectivity index (χ2n) is 8.36. The fourth-order valence-electron chi connectivity index (χ4n) is 3.67. The molecule has 1 aromatic carbocycles. The molecule has 2 aromatic rings. The first kappa shape index (κ1) is 23.5. The summed E-state index contributed by atoms with van der Waals surface area (Å²) in [6, 6.07) is 8.72. The Morgan fingerprint density at radius 2 is 1.28 bits per heavy atom. The SMILES string of the molecule is CCCCCCCCCc1ccc(-c2ncc(CCCCCC(C)F)cn2)cc1. The molecular formula is C26H39FN2. The molecule has 0 aliphatic heterocycles. The first-order valence-corrected chi connectivity index (χ1v) is 11.7. The van der Waals surface area contributed by atoms with Crippen LogP contribution in [0.5, 0.6) is 0 Å². The molecule has 0 bridgehead atoms. The summed E-state index contributed by atoms with van der Waals surface area (Å²) in [5.74, 6) is 0.794. The maximum atomic E-state index is 12.8. The lowest BCUT2D eigenvalue weighted by Crippen LogP contribution is -1.95. The molecule has 2 nitrogen and oxygen atoms in total. The van der Waals surface area contributed by atoms with Gasteiger partial charge in [-0.1, -0.05) is 82.6 Å². The number of unbranched alkanes of at least 4 members (excludes halogenated alkanes) is 8. The third-order valence-electron chi connectivity index (χ3n) is 5.55. The molecule has 0 radical (unpaired) electrons. The summed E-state index contributed by atoms with van der Waals surface area (Å²) in [5.41, 5.74) is 3.65. The van der Waals surface area contributed by atoms with Gasteiger partial charge in [0.25, 0.3) is 0 Å². The van der Waals surface area contributed by atoms with Crippen molar-refractivity contribution in [1.29, 1.82) is 0 Å². The van der Waals surface area contributed by atoms with E-state index in [1.165, 1.54) is 50.5 Å². The van der Waals surface area contributed by atoms with Crippen molar-refractivity contribution in [2.24, 2.45) is 0 Å². The zero-order chi connectivity index (χ0) is 20.7. The molecule has 0 aliphatic rings. The van der Waals surface area contributed by atoms with Crippen LogP contribution in [0.2, 0.25) is 0 Å². The molecule has 160 valence electrons. The van der Waals surface area contributed by atoms with Crippen molar-refractivity contribution in [2.75, 3.05) is 0 Å². The van der Waals surface area contributed by atoms with Gasteiger partial charge in [0.1, 0.15) is 0 Å². The molecule has 0 N–H and O–H groups in total. The number of benzene rings is 1. The van der Waals surface area contributed by atoms with Gasteiger partial charge in [0.2, 0.25) is 0 Å². The van der Waals surface area contributed by atoms with Gasteiger partial charge in [0, 0.05) is 18.0 Å². The van der Waals surface area contributed by atoms with Gasteiger partial charge >= 0.3 is 0 Å². The van der Waals surface area contributed by atoms with Crippen LogP contribution in [0, 0.1) is 0 Å². The van der Waals surface area contributed by atoms with Crippen molar-refractivity contribution in [1.82, 2.24) is 9.97 Å². The highest BCUT2D eigenvalue weighted by atomic mass is 19.1. The van der Waals surface area contributed by atoms with Gasteiger partial charge in [-0.05, 0) is 50.2 Å². The van der Waals surface area contributed by atoms with Crippen LogP contribution >= 0.6 is 0 Å². The molecule has 3 heteroatoms. The highest BCUT2D eigenvalue weighted by Gasteiger charge is 2.03. The monoisotopic (exact) mass is 398 g/mol.